The van der Waals surface area contributed by atoms with Gasteiger partial charge in [-0.05, 0) is 78.6 Å². The second-order valence-corrected chi connectivity index (χ2v) is 10.4. The summed E-state index contributed by atoms with van der Waals surface area (Å²) in [5.74, 6) is 0.509. The van der Waals surface area contributed by atoms with E-state index >= 15 is 0 Å². The zero-order valence-corrected chi connectivity index (χ0v) is 25.7. The van der Waals surface area contributed by atoms with Gasteiger partial charge in [0.2, 0.25) is 0 Å². The average Bonchev–Trinajstić information content (AvgIpc) is 3.04. The summed E-state index contributed by atoms with van der Waals surface area (Å²) in [5, 5.41) is 2.61. The Kier molecular flexibility index (Phi) is 9.70. The number of nitrogens with zero attached hydrogens (tertiary/aromatic N) is 1. The van der Waals surface area contributed by atoms with Crippen LogP contribution in [0.1, 0.15) is 29.2 Å². The minimum absolute atomic E-state index is 0.215. The van der Waals surface area contributed by atoms with Crippen molar-refractivity contribution in [2.75, 3.05) is 18.6 Å². The Bertz CT molecular complexity index is 1770. The second-order valence-electron chi connectivity index (χ2n) is 10.0. The first kappa shape index (κ1) is 31.2. The number of anilines is 1. The molecule has 0 aliphatic carbocycles. The van der Waals surface area contributed by atoms with E-state index in [1.807, 2.05) is 55.5 Å². The van der Waals surface area contributed by atoms with Crippen LogP contribution in [0.25, 0.3) is 6.08 Å². The van der Waals surface area contributed by atoms with Crippen molar-refractivity contribution in [3.63, 3.8) is 0 Å². The Hall–Kier alpha value is -5.28. The molecule has 4 aromatic carbocycles. The van der Waals surface area contributed by atoms with Gasteiger partial charge in [0.1, 0.15) is 18.8 Å². The summed E-state index contributed by atoms with van der Waals surface area (Å²) < 4.78 is 23.4. The number of hydrogen-bond donors (Lipinski definition) is 1. The summed E-state index contributed by atoms with van der Waals surface area (Å²) in [7, 11) is 1.49. The second kappa shape index (κ2) is 14.0. The van der Waals surface area contributed by atoms with Crippen molar-refractivity contribution in [2.45, 2.75) is 27.1 Å². The summed E-state index contributed by atoms with van der Waals surface area (Å²) in [6.45, 7) is 4.70. The van der Waals surface area contributed by atoms with Gasteiger partial charge in [-0.25, -0.2) is 9.69 Å². The van der Waals surface area contributed by atoms with Crippen LogP contribution in [0, 0.1) is 6.92 Å². The van der Waals surface area contributed by atoms with E-state index in [9.17, 15) is 14.4 Å². The molecule has 10 heteroatoms. The lowest BCUT2D eigenvalue weighted by atomic mass is 10.1. The van der Waals surface area contributed by atoms with Crippen LogP contribution in [0.2, 0.25) is 5.02 Å². The maximum atomic E-state index is 13.4. The topological polar surface area (TPSA) is 103 Å². The first-order valence-corrected chi connectivity index (χ1v) is 14.6. The lowest BCUT2D eigenvalue weighted by molar-refractivity contribution is -0.122. The zero-order valence-electron chi connectivity index (χ0n) is 25.0. The quantitative estimate of drug-likeness (QED) is 0.143. The fourth-order valence-corrected chi connectivity index (χ4v) is 4.87. The van der Waals surface area contributed by atoms with Crippen molar-refractivity contribution in [1.29, 1.82) is 0 Å². The van der Waals surface area contributed by atoms with Crippen molar-refractivity contribution >= 4 is 41.2 Å². The molecule has 1 aliphatic rings. The van der Waals surface area contributed by atoms with E-state index in [0.717, 1.165) is 16.0 Å². The average molecular weight is 627 g/mol. The molecule has 1 heterocycles. The smallest absolute Gasteiger partial charge is 0.335 e. The number of carbonyl (C=O) groups is 3. The maximum absolute atomic E-state index is 13.4. The van der Waals surface area contributed by atoms with Crippen LogP contribution >= 0.6 is 11.6 Å². The number of barbiturate groups is 1. The molecule has 4 amide bonds. The largest absolute Gasteiger partial charge is 0.493 e. The molecule has 1 N–H and O–H groups in total. The van der Waals surface area contributed by atoms with Crippen LogP contribution in [0.3, 0.4) is 0 Å². The van der Waals surface area contributed by atoms with Gasteiger partial charge in [0, 0.05) is 5.02 Å². The van der Waals surface area contributed by atoms with Crippen LogP contribution in [0.4, 0.5) is 10.5 Å². The highest BCUT2D eigenvalue weighted by molar-refractivity contribution is 6.40. The molecule has 5 rings (SSSR count). The predicted octanol–water partition coefficient (Wildman–Crippen LogP) is 6.88. The van der Waals surface area contributed by atoms with Gasteiger partial charge in [0.15, 0.2) is 23.0 Å². The zero-order chi connectivity index (χ0) is 31.9. The number of nitrogens with one attached hydrogen (secondary N) is 1. The molecular weight excluding hydrogens is 596 g/mol. The van der Waals surface area contributed by atoms with E-state index < -0.39 is 17.8 Å². The minimum Gasteiger partial charge on any atom is -0.493 e. The SMILES string of the molecule is CCOc1cc(COc2ccc(/C=C3/C(=O)NC(=O)N(c4cccc(Cl)c4C)C3=O)cc2OC)ccc1OCc1ccccc1. The monoisotopic (exact) mass is 626 g/mol. The Morgan fingerprint density at radius 3 is 2.22 bits per heavy atom. The number of hydrogen-bond acceptors (Lipinski definition) is 7. The van der Waals surface area contributed by atoms with Gasteiger partial charge in [-0.3, -0.25) is 14.9 Å². The lowest BCUT2D eigenvalue weighted by Crippen LogP contribution is -2.54. The van der Waals surface area contributed by atoms with Gasteiger partial charge >= 0.3 is 6.03 Å². The number of imide groups is 2. The normalized spacial score (nSPS) is 13.9. The van der Waals surface area contributed by atoms with Crippen LogP contribution in [0.15, 0.2) is 90.5 Å². The molecule has 0 spiro atoms. The molecule has 1 saturated heterocycles. The molecule has 1 fully saturated rings. The molecule has 230 valence electrons. The Labute approximate surface area is 265 Å². The van der Waals surface area contributed by atoms with Crippen LogP contribution < -0.4 is 29.2 Å². The highest BCUT2D eigenvalue weighted by Gasteiger charge is 2.37. The molecule has 0 saturated carbocycles. The fraction of sp³-hybridized carbons (Fsp3) is 0.171. The van der Waals surface area contributed by atoms with Crippen LogP contribution in [-0.2, 0) is 22.8 Å². The van der Waals surface area contributed by atoms with E-state index in [4.69, 9.17) is 30.5 Å². The van der Waals surface area contributed by atoms with Crippen molar-refractivity contribution in [3.05, 3.63) is 118 Å². The third-order valence-corrected chi connectivity index (χ3v) is 7.43. The minimum atomic E-state index is -0.850. The lowest BCUT2D eigenvalue weighted by Gasteiger charge is -2.27. The van der Waals surface area contributed by atoms with Crippen molar-refractivity contribution in [3.8, 4) is 23.0 Å². The maximum Gasteiger partial charge on any atom is 0.335 e. The molecule has 0 radical (unpaired) electrons. The van der Waals surface area contributed by atoms with Gasteiger partial charge in [-0.1, -0.05) is 60.1 Å². The predicted molar refractivity (Wildman–Crippen MR) is 171 cm³/mol. The Morgan fingerprint density at radius 1 is 0.778 bits per heavy atom. The number of amides is 4. The number of rotatable bonds is 11. The van der Waals surface area contributed by atoms with E-state index in [2.05, 4.69) is 5.32 Å². The van der Waals surface area contributed by atoms with Gasteiger partial charge in [-0.2, -0.15) is 0 Å². The molecule has 0 aromatic heterocycles. The van der Waals surface area contributed by atoms with Gasteiger partial charge in [0.05, 0.1) is 19.4 Å². The van der Waals surface area contributed by atoms with Gasteiger partial charge in [0.25, 0.3) is 11.8 Å². The van der Waals surface area contributed by atoms with Crippen LogP contribution in [-0.4, -0.2) is 31.6 Å². The number of halogens is 1. The summed E-state index contributed by atoms with van der Waals surface area (Å²) in [6.07, 6.45) is 1.39. The molecule has 45 heavy (non-hydrogen) atoms. The summed E-state index contributed by atoms with van der Waals surface area (Å²) in [4.78, 5) is 39.6. The number of methoxy groups -OCH3 is 1. The first-order chi connectivity index (χ1) is 21.8. The Morgan fingerprint density at radius 2 is 1.49 bits per heavy atom. The molecular formula is C35H31ClN2O7. The molecule has 1 aliphatic heterocycles. The number of benzene rings is 4. The molecule has 0 atom stereocenters. The summed E-state index contributed by atoms with van der Waals surface area (Å²) in [6, 6.07) is 24.5. The molecule has 9 nitrogen and oxygen atoms in total. The Balaban J connectivity index is 1.32. The number of urea groups is 1. The van der Waals surface area contributed by atoms with Crippen molar-refractivity contribution < 1.29 is 33.3 Å². The third-order valence-electron chi connectivity index (χ3n) is 7.02. The van der Waals surface area contributed by atoms with E-state index in [0.29, 0.717) is 52.4 Å². The highest BCUT2D eigenvalue weighted by Crippen LogP contribution is 2.34. The van der Waals surface area contributed by atoms with Crippen molar-refractivity contribution in [1.82, 2.24) is 5.32 Å². The van der Waals surface area contributed by atoms with Gasteiger partial charge in [-0.15, -0.1) is 0 Å². The van der Waals surface area contributed by atoms with Crippen LogP contribution in [0.5, 0.6) is 23.0 Å². The van der Waals surface area contributed by atoms with E-state index in [-0.39, 0.29) is 17.9 Å². The van der Waals surface area contributed by atoms with Gasteiger partial charge < -0.3 is 18.9 Å². The van der Waals surface area contributed by atoms with E-state index in [1.54, 1.807) is 43.3 Å². The molecule has 0 unspecified atom stereocenters. The summed E-state index contributed by atoms with van der Waals surface area (Å²) in [5.41, 5.74) is 2.99. The number of carbonyl (C=O) groups excluding carboxylic acids is 3. The highest BCUT2D eigenvalue weighted by atomic mass is 35.5. The van der Waals surface area contributed by atoms with E-state index in [1.165, 1.54) is 13.2 Å². The van der Waals surface area contributed by atoms with Crippen molar-refractivity contribution in [2.24, 2.45) is 0 Å². The number of ether oxygens (including phenoxy) is 4. The molecule has 0 bridgehead atoms. The summed E-state index contributed by atoms with van der Waals surface area (Å²) >= 11 is 6.21. The third kappa shape index (κ3) is 7.11. The standard InChI is InChI=1S/C35H31ClN2O7/c1-4-43-32-19-25(14-16-30(32)44-20-23-9-6-5-7-10-23)21-45-29-15-13-24(18-31(29)42-3)17-26-33(39)37-35(41)38(34(26)40)28-12-8-11-27(36)22(28)2/h5-19H,4,20-21H2,1-3H3,(H,37,39,41)/b26-17-. The fourth-order valence-electron chi connectivity index (χ4n) is 4.70. The first-order valence-electron chi connectivity index (χ1n) is 14.2. The molecule has 4 aromatic rings.